The minimum Gasteiger partial charge on any atom is -0.304 e. The SMILES string of the molecule is O=C1C(=O)N(CCc2ccncc2)c2ccc(Cl)cc21. The maximum absolute atomic E-state index is 12.0. The summed E-state index contributed by atoms with van der Waals surface area (Å²) < 4.78 is 0. The predicted molar refractivity (Wildman–Crippen MR) is 76.1 cm³/mol. The Bertz CT molecular complexity index is 686. The molecule has 1 aromatic heterocycles. The van der Waals surface area contributed by atoms with Crippen LogP contribution in [0.15, 0.2) is 42.7 Å². The highest BCUT2D eigenvalue weighted by Crippen LogP contribution is 2.31. The molecule has 0 aliphatic carbocycles. The molecule has 3 rings (SSSR count). The summed E-state index contributed by atoms with van der Waals surface area (Å²) in [4.78, 5) is 29.4. The van der Waals surface area contributed by atoms with Crippen molar-refractivity contribution in [2.24, 2.45) is 0 Å². The van der Waals surface area contributed by atoms with Gasteiger partial charge in [-0.2, -0.15) is 0 Å². The second-order valence-electron chi connectivity index (χ2n) is 4.55. The van der Waals surface area contributed by atoms with Crippen LogP contribution in [0, 0.1) is 0 Å². The highest BCUT2D eigenvalue weighted by molar-refractivity contribution is 6.52. The van der Waals surface area contributed by atoms with Crippen molar-refractivity contribution in [1.82, 2.24) is 4.98 Å². The lowest BCUT2D eigenvalue weighted by molar-refractivity contribution is -0.114. The largest absolute Gasteiger partial charge is 0.304 e. The number of nitrogens with zero attached hydrogens (tertiary/aromatic N) is 2. The molecule has 0 saturated carbocycles. The van der Waals surface area contributed by atoms with Crippen molar-refractivity contribution in [3.8, 4) is 0 Å². The zero-order chi connectivity index (χ0) is 14.1. The van der Waals surface area contributed by atoms with E-state index in [9.17, 15) is 9.59 Å². The van der Waals surface area contributed by atoms with Gasteiger partial charge in [0, 0.05) is 24.0 Å². The molecule has 1 amide bonds. The number of hydrogen-bond donors (Lipinski definition) is 0. The van der Waals surface area contributed by atoms with Gasteiger partial charge < -0.3 is 4.90 Å². The van der Waals surface area contributed by atoms with Crippen LogP contribution in [0.5, 0.6) is 0 Å². The van der Waals surface area contributed by atoms with Crippen LogP contribution in [-0.2, 0) is 11.2 Å². The fourth-order valence-corrected chi connectivity index (χ4v) is 2.46. The summed E-state index contributed by atoms with van der Waals surface area (Å²) in [5.41, 5.74) is 2.10. The Hall–Kier alpha value is -2.20. The summed E-state index contributed by atoms with van der Waals surface area (Å²) >= 11 is 5.87. The quantitative estimate of drug-likeness (QED) is 0.815. The highest BCUT2D eigenvalue weighted by Gasteiger charge is 2.35. The second kappa shape index (κ2) is 5.06. The second-order valence-corrected chi connectivity index (χ2v) is 4.99. The number of carbonyl (C=O) groups excluding carboxylic acids is 2. The van der Waals surface area contributed by atoms with Gasteiger partial charge in [-0.3, -0.25) is 14.6 Å². The van der Waals surface area contributed by atoms with Crippen molar-refractivity contribution < 1.29 is 9.59 Å². The van der Waals surface area contributed by atoms with Crippen LogP contribution in [0.2, 0.25) is 5.02 Å². The number of benzene rings is 1. The van der Waals surface area contributed by atoms with Gasteiger partial charge in [-0.1, -0.05) is 11.6 Å². The number of ketones is 1. The average molecular weight is 287 g/mol. The molecule has 0 N–H and O–H groups in total. The molecular weight excluding hydrogens is 276 g/mol. The normalized spacial score (nSPS) is 13.8. The molecule has 0 fully saturated rings. The molecule has 0 saturated heterocycles. The van der Waals surface area contributed by atoms with Crippen molar-refractivity contribution in [2.75, 3.05) is 11.4 Å². The van der Waals surface area contributed by atoms with Gasteiger partial charge in [0.25, 0.3) is 11.7 Å². The summed E-state index contributed by atoms with van der Waals surface area (Å²) in [6.07, 6.45) is 4.09. The number of rotatable bonds is 3. The number of halogens is 1. The zero-order valence-corrected chi connectivity index (χ0v) is 11.3. The van der Waals surface area contributed by atoms with E-state index in [0.29, 0.717) is 29.2 Å². The van der Waals surface area contributed by atoms with Crippen molar-refractivity contribution >= 4 is 29.0 Å². The fourth-order valence-electron chi connectivity index (χ4n) is 2.29. The van der Waals surface area contributed by atoms with Crippen LogP contribution in [0.25, 0.3) is 0 Å². The Morgan fingerprint density at radius 3 is 2.60 bits per heavy atom. The molecule has 0 bridgehead atoms. The smallest absolute Gasteiger partial charge is 0.299 e. The Balaban J connectivity index is 1.84. The van der Waals surface area contributed by atoms with Gasteiger partial charge in [0.05, 0.1) is 11.3 Å². The first-order valence-corrected chi connectivity index (χ1v) is 6.59. The lowest BCUT2D eigenvalue weighted by Gasteiger charge is -2.16. The van der Waals surface area contributed by atoms with E-state index >= 15 is 0 Å². The molecule has 20 heavy (non-hydrogen) atoms. The van der Waals surface area contributed by atoms with E-state index in [0.717, 1.165) is 5.56 Å². The predicted octanol–water partition coefficient (Wildman–Crippen LogP) is 2.51. The number of amides is 1. The monoisotopic (exact) mass is 286 g/mol. The zero-order valence-electron chi connectivity index (χ0n) is 10.5. The number of Topliss-reactive ketones (excluding diaryl/α,β-unsaturated/α-hetero) is 1. The molecule has 0 spiro atoms. The number of pyridine rings is 1. The Labute approximate surface area is 121 Å². The minimum absolute atomic E-state index is 0.386. The molecule has 100 valence electrons. The first-order chi connectivity index (χ1) is 9.66. The third-order valence-electron chi connectivity index (χ3n) is 3.31. The molecular formula is C15H11ClN2O2. The summed E-state index contributed by atoms with van der Waals surface area (Å²) in [6, 6.07) is 8.73. The van der Waals surface area contributed by atoms with E-state index in [1.165, 1.54) is 4.90 Å². The minimum atomic E-state index is -0.490. The van der Waals surface area contributed by atoms with Gasteiger partial charge in [-0.25, -0.2) is 0 Å². The molecule has 0 radical (unpaired) electrons. The topological polar surface area (TPSA) is 50.3 Å². The Morgan fingerprint density at radius 2 is 1.85 bits per heavy atom. The standard InChI is InChI=1S/C15H11ClN2O2/c16-11-1-2-13-12(9-11)14(19)15(20)18(13)8-5-10-3-6-17-7-4-10/h1-4,6-7,9H,5,8H2. The molecule has 5 heteroatoms. The van der Waals surface area contributed by atoms with Crippen LogP contribution in [0.1, 0.15) is 15.9 Å². The van der Waals surface area contributed by atoms with Gasteiger partial charge in [-0.05, 0) is 42.3 Å². The van der Waals surface area contributed by atoms with Crippen molar-refractivity contribution in [3.05, 3.63) is 58.9 Å². The molecule has 0 atom stereocenters. The van der Waals surface area contributed by atoms with E-state index in [2.05, 4.69) is 4.98 Å². The van der Waals surface area contributed by atoms with E-state index in [4.69, 9.17) is 11.6 Å². The van der Waals surface area contributed by atoms with Crippen molar-refractivity contribution in [3.63, 3.8) is 0 Å². The van der Waals surface area contributed by atoms with Crippen LogP contribution in [0.4, 0.5) is 5.69 Å². The van der Waals surface area contributed by atoms with E-state index in [1.807, 2.05) is 12.1 Å². The maximum atomic E-state index is 12.0. The number of aromatic nitrogens is 1. The molecule has 4 nitrogen and oxygen atoms in total. The van der Waals surface area contributed by atoms with Gasteiger partial charge >= 0.3 is 0 Å². The number of carbonyl (C=O) groups is 2. The van der Waals surface area contributed by atoms with Gasteiger partial charge in [0.15, 0.2) is 0 Å². The fraction of sp³-hybridized carbons (Fsp3) is 0.133. The maximum Gasteiger partial charge on any atom is 0.299 e. The molecule has 1 aliphatic heterocycles. The Kier molecular flexibility index (Phi) is 3.24. The lowest BCUT2D eigenvalue weighted by Crippen LogP contribution is -2.31. The van der Waals surface area contributed by atoms with Crippen molar-refractivity contribution in [1.29, 1.82) is 0 Å². The molecule has 1 aromatic carbocycles. The summed E-state index contributed by atoms with van der Waals surface area (Å²) in [5.74, 6) is -0.978. The molecule has 2 heterocycles. The summed E-state index contributed by atoms with van der Waals surface area (Å²) in [6.45, 7) is 0.462. The van der Waals surface area contributed by atoms with E-state index in [1.54, 1.807) is 30.6 Å². The van der Waals surface area contributed by atoms with Gasteiger partial charge in [0.1, 0.15) is 0 Å². The number of hydrogen-bond acceptors (Lipinski definition) is 3. The van der Waals surface area contributed by atoms with E-state index in [-0.39, 0.29) is 0 Å². The highest BCUT2D eigenvalue weighted by atomic mass is 35.5. The van der Waals surface area contributed by atoms with Crippen LogP contribution in [0.3, 0.4) is 0 Å². The first-order valence-electron chi connectivity index (χ1n) is 6.21. The number of fused-ring (bicyclic) bond motifs is 1. The Morgan fingerprint density at radius 1 is 1.10 bits per heavy atom. The third kappa shape index (κ3) is 2.18. The van der Waals surface area contributed by atoms with E-state index < -0.39 is 11.7 Å². The molecule has 0 unspecified atom stereocenters. The summed E-state index contributed by atoms with van der Waals surface area (Å²) in [7, 11) is 0. The first kappa shape index (κ1) is 12.8. The molecule has 2 aromatic rings. The van der Waals surface area contributed by atoms with Crippen LogP contribution >= 0.6 is 11.6 Å². The van der Waals surface area contributed by atoms with Gasteiger partial charge in [0.2, 0.25) is 0 Å². The van der Waals surface area contributed by atoms with Gasteiger partial charge in [-0.15, -0.1) is 0 Å². The lowest BCUT2D eigenvalue weighted by atomic mass is 10.1. The summed E-state index contributed by atoms with van der Waals surface area (Å²) in [5, 5.41) is 0.459. The van der Waals surface area contributed by atoms with Crippen LogP contribution < -0.4 is 4.90 Å². The number of anilines is 1. The van der Waals surface area contributed by atoms with Crippen LogP contribution in [-0.4, -0.2) is 23.2 Å². The molecule has 1 aliphatic rings. The third-order valence-corrected chi connectivity index (χ3v) is 3.54. The van der Waals surface area contributed by atoms with Crippen molar-refractivity contribution in [2.45, 2.75) is 6.42 Å². The average Bonchev–Trinajstić information content (AvgIpc) is 2.70.